The molecule has 0 N–H and O–H groups in total. The fraction of sp³-hybridized carbons (Fsp3) is 0.312. The van der Waals surface area contributed by atoms with Gasteiger partial charge >= 0.3 is 0 Å². The van der Waals surface area contributed by atoms with Crippen LogP contribution >= 0.6 is 38.9 Å². The third-order valence-electron chi connectivity index (χ3n) is 3.72. The maximum atomic E-state index is 12.6. The first-order chi connectivity index (χ1) is 12.4. The number of ketones is 1. The van der Waals surface area contributed by atoms with Gasteiger partial charge in [0.05, 0.1) is 31.8 Å². The maximum absolute atomic E-state index is 12.6. The van der Waals surface area contributed by atoms with E-state index in [0.717, 1.165) is 3.79 Å². The number of hydrogen-bond acceptors (Lipinski definition) is 6. The summed E-state index contributed by atoms with van der Waals surface area (Å²) in [5.74, 6) is 0.0818. The second kappa shape index (κ2) is 8.37. The molecule has 26 heavy (non-hydrogen) atoms. The van der Waals surface area contributed by atoms with Crippen molar-refractivity contribution in [2.75, 3.05) is 32.9 Å². The van der Waals surface area contributed by atoms with Gasteiger partial charge in [0.2, 0.25) is 15.8 Å². The first-order valence-corrected chi connectivity index (χ1v) is 11.1. The van der Waals surface area contributed by atoms with Gasteiger partial charge in [0, 0.05) is 13.1 Å². The molecule has 6 nitrogen and oxygen atoms in total. The molecule has 0 amide bonds. The highest BCUT2D eigenvalue weighted by molar-refractivity contribution is 9.11. The highest BCUT2D eigenvalue weighted by Gasteiger charge is 2.27. The van der Waals surface area contributed by atoms with Crippen LogP contribution in [0.3, 0.4) is 0 Å². The average Bonchev–Trinajstić information content (AvgIpc) is 3.07. The summed E-state index contributed by atoms with van der Waals surface area (Å²) in [5, 5.41) is 0.138. The van der Waals surface area contributed by atoms with Crippen LogP contribution in [0.2, 0.25) is 5.02 Å². The van der Waals surface area contributed by atoms with Crippen molar-refractivity contribution in [1.82, 2.24) is 4.31 Å². The SMILES string of the molecule is O=C(COc1ccc(S(=O)(=O)N2CCOCC2)cc1Cl)c1ccc(Br)s1. The van der Waals surface area contributed by atoms with Crippen molar-refractivity contribution in [2.45, 2.75) is 4.90 Å². The Morgan fingerprint density at radius 2 is 2.00 bits per heavy atom. The number of carbonyl (C=O) groups is 1. The van der Waals surface area contributed by atoms with Crippen molar-refractivity contribution in [3.63, 3.8) is 0 Å². The van der Waals surface area contributed by atoms with E-state index in [1.165, 1.54) is 33.8 Å². The van der Waals surface area contributed by atoms with Gasteiger partial charge in [-0.2, -0.15) is 4.31 Å². The fourth-order valence-corrected chi connectivity index (χ4v) is 5.42. The highest BCUT2D eigenvalue weighted by atomic mass is 79.9. The van der Waals surface area contributed by atoms with Gasteiger partial charge in [-0.3, -0.25) is 4.79 Å². The Hall–Kier alpha value is -0.970. The van der Waals surface area contributed by atoms with Crippen molar-refractivity contribution >= 4 is 54.7 Å². The third-order valence-corrected chi connectivity index (χ3v) is 7.57. The summed E-state index contributed by atoms with van der Waals surface area (Å²) in [7, 11) is -3.63. The molecule has 1 aliphatic heterocycles. The Kier molecular flexibility index (Phi) is 6.37. The number of thiophene rings is 1. The molecule has 0 bridgehead atoms. The quantitative estimate of drug-likeness (QED) is 0.592. The minimum atomic E-state index is -3.63. The van der Waals surface area contributed by atoms with Crippen LogP contribution in [0.15, 0.2) is 39.0 Å². The number of Topliss-reactive ketones (excluding diaryl/α,β-unsaturated/α-hetero) is 1. The molecule has 1 fully saturated rings. The van der Waals surface area contributed by atoms with E-state index in [1.54, 1.807) is 12.1 Å². The van der Waals surface area contributed by atoms with Gasteiger partial charge in [-0.05, 0) is 46.3 Å². The fourth-order valence-electron chi connectivity index (χ4n) is 2.37. The van der Waals surface area contributed by atoms with Crippen molar-refractivity contribution in [1.29, 1.82) is 0 Å². The highest BCUT2D eigenvalue weighted by Crippen LogP contribution is 2.29. The number of morpholine rings is 1. The van der Waals surface area contributed by atoms with Gasteiger partial charge in [-0.15, -0.1) is 11.3 Å². The standard InChI is InChI=1S/C16H15BrClNO5S2/c17-16-4-3-15(25-16)13(20)10-24-14-2-1-11(9-12(14)18)26(21,22)19-5-7-23-8-6-19/h1-4,9H,5-8,10H2. The van der Waals surface area contributed by atoms with E-state index in [2.05, 4.69) is 15.9 Å². The van der Waals surface area contributed by atoms with Gasteiger partial charge in [0.25, 0.3) is 0 Å². The van der Waals surface area contributed by atoms with Crippen LogP contribution in [0.1, 0.15) is 9.67 Å². The molecule has 1 aromatic heterocycles. The van der Waals surface area contributed by atoms with E-state index in [-0.39, 0.29) is 28.1 Å². The number of sulfonamides is 1. The number of rotatable bonds is 6. The second-order valence-electron chi connectivity index (χ2n) is 5.42. The number of benzene rings is 1. The number of halogens is 2. The first-order valence-electron chi connectivity index (χ1n) is 7.67. The predicted octanol–water partition coefficient (Wildman–Crippen LogP) is 3.45. The normalized spacial score (nSPS) is 15.8. The zero-order chi connectivity index (χ0) is 18.7. The Bertz CT molecular complexity index is 909. The number of nitrogens with zero attached hydrogens (tertiary/aromatic N) is 1. The predicted molar refractivity (Wildman–Crippen MR) is 103 cm³/mol. The molecule has 1 aromatic carbocycles. The largest absolute Gasteiger partial charge is 0.484 e. The Balaban J connectivity index is 1.70. The summed E-state index contributed by atoms with van der Waals surface area (Å²) in [6.07, 6.45) is 0. The monoisotopic (exact) mass is 479 g/mol. The molecule has 2 aromatic rings. The number of hydrogen-bond donors (Lipinski definition) is 0. The lowest BCUT2D eigenvalue weighted by atomic mass is 10.3. The summed E-state index contributed by atoms with van der Waals surface area (Å²) >= 11 is 10.8. The van der Waals surface area contributed by atoms with Crippen molar-refractivity contribution in [2.24, 2.45) is 0 Å². The van der Waals surface area contributed by atoms with Crippen LogP contribution < -0.4 is 4.74 Å². The molecule has 0 atom stereocenters. The minimum Gasteiger partial charge on any atom is -0.484 e. The van der Waals surface area contributed by atoms with Crippen molar-refractivity contribution < 1.29 is 22.7 Å². The zero-order valence-corrected chi connectivity index (χ0v) is 17.5. The Morgan fingerprint density at radius 1 is 1.27 bits per heavy atom. The molecular weight excluding hydrogens is 466 g/mol. The van der Waals surface area contributed by atoms with Gasteiger partial charge < -0.3 is 9.47 Å². The van der Waals surface area contributed by atoms with Crippen LogP contribution in [-0.2, 0) is 14.8 Å². The lowest BCUT2D eigenvalue weighted by molar-refractivity contribution is 0.0730. The Morgan fingerprint density at radius 3 is 2.62 bits per heavy atom. The summed E-state index contributed by atoms with van der Waals surface area (Å²) < 4.78 is 38.1. The molecule has 0 spiro atoms. The van der Waals surface area contributed by atoms with Crippen molar-refractivity contribution in [3.8, 4) is 5.75 Å². The van der Waals surface area contributed by atoms with Gasteiger partial charge in [-0.25, -0.2) is 8.42 Å². The van der Waals surface area contributed by atoms with E-state index in [1.807, 2.05) is 0 Å². The topological polar surface area (TPSA) is 72.9 Å². The molecule has 3 rings (SSSR count). The number of ether oxygens (including phenoxy) is 2. The van der Waals surface area contributed by atoms with Crippen LogP contribution in [0, 0.1) is 0 Å². The zero-order valence-electron chi connectivity index (χ0n) is 13.5. The summed E-state index contributed by atoms with van der Waals surface area (Å²) in [6, 6.07) is 7.73. The molecule has 0 saturated carbocycles. The molecule has 0 unspecified atom stereocenters. The summed E-state index contributed by atoms with van der Waals surface area (Å²) in [6.45, 7) is 1.18. The molecule has 2 heterocycles. The van der Waals surface area contributed by atoms with E-state index in [4.69, 9.17) is 21.1 Å². The molecule has 1 saturated heterocycles. The summed E-state index contributed by atoms with van der Waals surface area (Å²) in [5.41, 5.74) is 0. The average molecular weight is 481 g/mol. The van der Waals surface area contributed by atoms with Gasteiger partial charge in [0.1, 0.15) is 5.75 Å². The van der Waals surface area contributed by atoms with E-state index in [0.29, 0.717) is 31.2 Å². The molecule has 0 radical (unpaired) electrons. The van der Waals surface area contributed by atoms with Crippen LogP contribution in [-0.4, -0.2) is 51.4 Å². The molecule has 140 valence electrons. The molecule has 10 heteroatoms. The molecule has 1 aliphatic rings. The van der Waals surface area contributed by atoms with Gasteiger partial charge in [0.15, 0.2) is 6.61 Å². The lowest BCUT2D eigenvalue weighted by Gasteiger charge is -2.26. The van der Waals surface area contributed by atoms with E-state index < -0.39 is 10.0 Å². The Labute approximate surface area is 168 Å². The van der Waals surface area contributed by atoms with Crippen molar-refractivity contribution in [3.05, 3.63) is 44.0 Å². The number of carbonyl (C=O) groups excluding carboxylic acids is 1. The smallest absolute Gasteiger partial charge is 0.243 e. The summed E-state index contributed by atoms with van der Waals surface area (Å²) in [4.78, 5) is 12.7. The molecule has 0 aliphatic carbocycles. The third kappa shape index (κ3) is 4.47. The maximum Gasteiger partial charge on any atom is 0.243 e. The van der Waals surface area contributed by atoms with Crippen LogP contribution in [0.25, 0.3) is 0 Å². The van der Waals surface area contributed by atoms with E-state index in [9.17, 15) is 13.2 Å². The second-order valence-corrected chi connectivity index (χ2v) is 10.2. The van der Waals surface area contributed by atoms with Crippen LogP contribution in [0.5, 0.6) is 5.75 Å². The van der Waals surface area contributed by atoms with E-state index >= 15 is 0 Å². The minimum absolute atomic E-state index is 0.0882. The van der Waals surface area contributed by atoms with Gasteiger partial charge in [-0.1, -0.05) is 11.6 Å². The first kappa shape index (κ1) is 19.8. The lowest BCUT2D eigenvalue weighted by Crippen LogP contribution is -2.40. The molecular formula is C16H15BrClNO5S2. The van der Waals surface area contributed by atoms with Crippen LogP contribution in [0.4, 0.5) is 0 Å².